The summed E-state index contributed by atoms with van der Waals surface area (Å²) in [5.74, 6) is -7.02. The average molecular weight is 647 g/mol. The minimum atomic E-state index is -1.05. The SMILES string of the molecule is Bc1c(O)c2c(c3c(C)c(O)c(B4OC(C)(C)C(C)(C)O4)c(C)c13)O/C=C(O)/C(O)=C(/O)C1=C(C)N2c2c(C)c(O)c(O)c(O)c2O1. The minimum Gasteiger partial charge on any atom is -0.508 e. The maximum Gasteiger partial charge on any atom is 0.498 e. The minimum absolute atomic E-state index is 0.00629. The molecule has 2 bridgehead atoms. The predicted octanol–water partition coefficient (Wildman–Crippen LogP) is 3.73. The van der Waals surface area contributed by atoms with Crippen molar-refractivity contribution in [2.45, 2.75) is 66.6 Å². The van der Waals surface area contributed by atoms with Crippen molar-refractivity contribution in [2.75, 3.05) is 4.90 Å². The van der Waals surface area contributed by atoms with E-state index in [0.29, 0.717) is 21.9 Å². The molecule has 0 aromatic heterocycles. The van der Waals surface area contributed by atoms with Crippen LogP contribution in [-0.4, -0.2) is 67.0 Å². The van der Waals surface area contributed by atoms with E-state index >= 15 is 0 Å². The summed E-state index contributed by atoms with van der Waals surface area (Å²) in [5, 5.41) is 89.1. The highest BCUT2D eigenvalue weighted by molar-refractivity contribution is 6.64. The standard InChI is InChI=1S/C32H35B2NO12/c1-10-15-16(11(2)21(37)18(10)34-46-31(5,6)32(7,8)47-34)29-20(24(40)17(15)33)35-13(4)28(26(42)23(39)14(36)9-44-29)45-30-19(35)12(3)22(38)25(41)27(30)43/h9,36-43H,33H2,1-8H3/b14-9-,26-23-. The lowest BCUT2D eigenvalue weighted by atomic mass is 9.71. The van der Waals surface area contributed by atoms with E-state index in [2.05, 4.69) is 0 Å². The van der Waals surface area contributed by atoms with Gasteiger partial charge in [-0.15, -0.1) is 0 Å². The van der Waals surface area contributed by atoms with Gasteiger partial charge in [0.15, 0.2) is 28.8 Å². The molecule has 3 aliphatic rings. The van der Waals surface area contributed by atoms with Crippen molar-refractivity contribution < 1.29 is 59.6 Å². The quantitative estimate of drug-likeness (QED) is 0.140. The second-order valence-corrected chi connectivity index (χ2v) is 13.0. The number of fused-ring (bicyclic) bond motifs is 7. The van der Waals surface area contributed by atoms with Crippen molar-refractivity contribution in [2.24, 2.45) is 0 Å². The van der Waals surface area contributed by atoms with Crippen LogP contribution in [0.1, 0.15) is 51.3 Å². The van der Waals surface area contributed by atoms with Crippen LogP contribution in [-0.2, 0) is 9.31 Å². The van der Waals surface area contributed by atoms with Gasteiger partial charge in [0, 0.05) is 22.0 Å². The number of hydrogen-bond donors (Lipinski definition) is 8. The number of nitrogens with zero attached hydrogens (tertiary/aromatic N) is 1. The summed E-state index contributed by atoms with van der Waals surface area (Å²) in [6.45, 7) is 13.8. The fourth-order valence-corrected chi connectivity index (χ4v) is 6.36. The molecule has 0 saturated carbocycles. The van der Waals surface area contributed by atoms with E-state index in [-0.39, 0.29) is 50.8 Å². The van der Waals surface area contributed by atoms with Crippen molar-refractivity contribution in [3.05, 3.63) is 51.7 Å². The van der Waals surface area contributed by atoms with E-state index < -0.39 is 64.4 Å². The van der Waals surface area contributed by atoms with Crippen LogP contribution >= 0.6 is 0 Å². The highest BCUT2D eigenvalue weighted by atomic mass is 16.7. The van der Waals surface area contributed by atoms with E-state index in [4.69, 9.17) is 18.8 Å². The van der Waals surface area contributed by atoms with E-state index in [1.54, 1.807) is 21.7 Å². The molecule has 1 fully saturated rings. The number of allylic oxidation sites excluding steroid dienone is 1. The Balaban J connectivity index is 1.78. The Hall–Kier alpha value is -5.01. The summed E-state index contributed by atoms with van der Waals surface area (Å²) in [4.78, 5) is 1.31. The van der Waals surface area contributed by atoms with E-state index in [1.165, 1.54) is 18.7 Å². The Morgan fingerprint density at radius 2 is 1.26 bits per heavy atom. The number of phenolic OH excluding ortho intramolecular Hbond substituents is 5. The van der Waals surface area contributed by atoms with Crippen LogP contribution in [0.2, 0.25) is 0 Å². The lowest BCUT2D eigenvalue weighted by Gasteiger charge is -2.37. The van der Waals surface area contributed by atoms with Gasteiger partial charge in [-0.1, -0.05) is 0 Å². The molecule has 3 aromatic rings. The number of aromatic hydroxyl groups is 5. The number of anilines is 2. The summed E-state index contributed by atoms with van der Waals surface area (Å²) in [7, 11) is 0.679. The largest absolute Gasteiger partial charge is 0.508 e. The molecule has 1 saturated heterocycles. The normalized spacial score (nSPS) is 21.1. The summed E-state index contributed by atoms with van der Waals surface area (Å²) in [6, 6.07) is 0. The fourth-order valence-electron chi connectivity index (χ4n) is 6.36. The Morgan fingerprint density at radius 1 is 0.660 bits per heavy atom. The van der Waals surface area contributed by atoms with E-state index in [0.717, 1.165) is 6.26 Å². The topological polar surface area (TPSA) is 202 Å². The third-order valence-electron chi connectivity index (χ3n) is 9.77. The highest BCUT2D eigenvalue weighted by Gasteiger charge is 2.53. The van der Waals surface area contributed by atoms with Crippen LogP contribution in [0.5, 0.6) is 40.2 Å². The lowest BCUT2D eigenvalue weighted by Crippen LogP contribution is -2.41. The van der Waals surface area contributed by atoms with Crippen molar-refractivity contribution in [1.29, 1.82) is 0 Å². The third kappa shape index (κ3) is 4.12. The number of aliphatic hydroxyl groups is 3. The fraction of sp³-hybridized carbons (Fsp3) is 0.312. The maximum atomic E-state index is 12.1. The summed E-state index contributed by atoms with van der Waals surface area (Å²) >= 11 is 0. The Morgan fingerprint density at radius 3 is 1.85 bits per heavy atom. The molecule has 0 radical (unpaired) electrons. The molecule has 0 amide bonds. The van der Waals surface area contributed by atoms with E-state index in [9.17, 15) is 40.9 Å². The van der Waals surface area contributed by atoms with Gasteiger partial charge in [0.1, 0.15) is 37.0 Å². The van der Waals surface area contributed by atoms with Gasteiger partial charge in [-0.2, -0.15) is 0 Å². The number of benzene rings is 3. The van der Waals surface area contributed by atoms with Crippen molar-refractivity contribution >= 4 is 48.0 Å². The van der Waals surface area contributed by atoms with Crippen LogP contribution in [0.25, 0.3) is 10.8 Å². The molecule has 13 nitrogen and oxygen atoms in total. The van der Waals surface area contributed by atoms with Gasteiger partial charge in [0.2, 0.25) is 23.0 Å². The van der Waals surface area contributed by atoms with E-state index in [1.807, 2.05) is 27.7 Å². The molecule has 8 N–H and O–H groups in total. The molecule has 0 aliphatic carbocycles. The average Bonchev–Trinajstić information content (AvgIpc) is 3.22. The first kappa shape index (κ1) is 32.0. The molecule has 246 valence electrons. The number of hydrogen-bond acceptors (Lipinski definition) is 13. The van der Waals surface area contributed by atoms with Crippen molar-refractivity contribution in [3.8, 4) is 40.2 Å². The molecule has 0 spiro atoms. The first-order chi connectivity index (χ1) is 21.7. The van der Waals surface area contributed by atoms with Gasteiger partial charge in [-0.05, 0) is 71.8 Å². The van der Waals surface area contributed by atoms with Gasteiger partial charge >= 0.3 is 7.12 Å². The highest BCUT2D eigenvalue weighted by Crippen LogP contribution is 2.60. The van der Waals surface area contributed by atoms with Crippen LogP contribution < -0.4 is 25.3 Å². The van der Waals surface area contributed by atoms with Gasteiger partial charge < -0.3 is 64.5 Å². The molecule has 47 heavy (non-hydrogen) atoms. The van der Waals surface area contributed by atoms with Gasteiger partial charge in [-0.25, -0.2) is 0 Å². The molecule has 3 aliphatic heterocycles. The Labute approximate surface area is 271 Å². The molecule has 0 atom stereocenters. The second-order valence-electron chi connectivity index (χ2n) is 13.0. The van der Waals surface area contributed by atoms with Crippen LogP contribution in [0, 0.1) is 20.8 Å². The zero-order chi connectivity index (χ0) is 34.8. The third-order valence-corrected chi connectivity index (χ3v) is 9.77. The number of rotatable bonds is 1. The van der Waals surface area contributed by atoms with Gasteiger partial charge in [0.25, 0.3) is 0 Å². The first-order valence-corrected chi connectivity index (χ1v) is 14.8. The molecule has 15 heteroatoms. The van der Waals surface area contributed by atoms with Crippen LogP contribution in [0.3, 0.4) is 0 Å². The maximum absolute atomic E-state index is 12.1. The number of aryl methyl sites for hydroxylation is 2. The number of phenols is 5. The lowest BCUT2D eigenvalue weighted by molar-refractivity contribution is 0.00578. The molecular weight excluding hydrogens is 612 g/mol. The summed E-state index contributed by atoms with van der Waals surface area (Å²) in [6.07, 6.45) is 0.740. The molecule has 0 unspecified atom stereocenters. The van der Waals surface area contributed by atoms with Gasteiger partial charge in [-0.3, -0.25) is 0 Å². The van der Waals surface area contributed by atoms with Crippen LogP contribution in [0.4, 0.5) is 11.4 Å². The summed E-state index contributed by atoms with van der Waals surface area (Å²) in [5.41, 5.74) is -0.138. The number of aliphatic hydroxyl groups excluding tert-OH is 3. The van der Waals surface area contributed by atoms with Crippen LogP contribution in [0.15, 0.2) is 35.0 Å². The summed E-state index contributed by atoms with van der Waals surface area (Å²) < 4.78 is 24.4. The van der Waals surface area contributed by atoms with Gasteiger partial charge in [0.05, 0.1) is 16.9 Å². The predicted molar refractivity (Wildman–Crippen MR) is 176 cm³/mol. The Kier molecular flexibility index (Phi) is 6.79. The zero-order valence-corrected chi connectivity index (χ0v) is 27.3. The molecular formula is C32H35B2NO12. The zero-order valence-electron chi connectivity index (χ0n) is 27.3. The monoisotopic (exact) mass is 647 g/mol. The first-order valence-electron chi connectivity index (χ1n) is 14.8. The smallest absolute Gasteiger partial charge is 0.498 e. The molecule has 3 aromatic carbocycles. The molecule has 6 rings (SSSR count). The second kappa shape index (κ2) is 9.99. The van der Waals surface area contributed by atoms with Crippen molar-refractivity contribution in [3.63, 3.8) is 0 Å². The Bertz CT molecular complexity index is 2030. The number of ether oxygens (including phenoxy) is 2. The van der Waals surface area contributed by atoms with Crippen molar-refractivity contribution in [1.82, 2.24) is 0 Å². The molecule has 3 heterocycles.